The van der Waals surface area contributed by atoms with E-state index >= 15 is 0 Å². The summed E-state index contributed by atoms with van der Waals surface area (Å²) in [5.41, 5.74) is 2.63. The molecule has 4 aliphatic rings. The van der Waals surface area contributed by atoms with E-state index in [0.717, 1.165) is 29.5 Å². The van der Waals surface area contributed by atoms with Crippen molar-refractivity contribution in [3.63, 3.8) is 0 Å². The van der Waals surface area contributed by atoms with Crippen LogP contribution in [0.3, 0.4) is 0 Å². The molecule has 0 radical (unpaired) electrons. The fraction of sp³-hybridized carbons (Fsp3) is 0.846. The molecule has 0 saturated heterocycles. The molecule has 4 fully saturated rings. The summed E-state index contributed by atoms with van der Waals surface area (Å²) >= 11 is 0. The second-order valence-corrected chi connectivity index (χ2v) is 6.54. The van der Waals surface area contributed by atoms with Gasteiger partial charge in [-0.2, -0.15) is 0 Å². The molecule has 0 aliphatic heterocycles. The Kier molecular flexibility index (Phi) is 2.22. The van der Waals surface area contributed by atoms with Crippen molar-refractivity contribution < 1.29 is 0 Å². The molecule has 3 N–H and O–H groups in total. The van der Waals surface area contributed by atoms with Crippen LogP contribution in [0.15, 0.2) is 0 Å². The number of rotatable bonds is 2. The smallest absolute Gasteiger partial charge is 0.238 e. The molecule has 98 valence electrons. The maximum atomic E-state index is 5.47. The minimum absolute atomic E-state index is 0.623. The van der Waals surface area contributed by atoms with Gasteiger partial charge in [0.15, 0.2) is 0 Å². The first kappa shape index (κ1) is 10.8. The van der Waals surface area contributed by atoms with Crippen LogP contribution in [-0.2, 0) is 7.05 Å². The average Bonchev–Trinajstić information content (AvgIpc) is 2.70. The lowest BCUT2D eigenvalue weighted by Crippen LogP contribution is -2.44. The van der Waals surface area contributed by atoms with Crippen molar-refractivity contribution in [1.29, 1.82) is 0 Å². The van der Waals surface area contributed by atoms with E-state index in [0.29, 0.717) is 11.9 Å². The van der Waals surface area contributed by atoms with Crippen molar-refractivity contribution in [3.8, 4) is 0 Å². The van der Waals surface area contributed by atoms with Crippen LogP contribution in [0.4, 0.5) is 5.95 Å². The quantitative estimate of drug-likeness (QED) is 0.616. The van der Waals surface area contributed by atoms with Crippen LogP contribution in [0, 0.1) is 23.7 Å². The van der Waals surface area contributed by atoms with E-state index in [1.165, 1.54) is 32.1 Å². The van der Waals surface area contributed by atoms with Crippen LogP contribution in [0.2, 0.25) is 0 Å². The lowest BCUT2D eigenvalue weighted by Gasteiger charge is -2.53. The van der Waals surface area contributed by atoms with Gasteiger partial charge in [-0.1, -0.05) is 0 Å². The molecule has 4 aliphatic carbocycles. The molecule has 0 amide bonds. The van der Waals surface area contributed by atoms with Crippen molar-refractivity contribution in [2.75, 3.05) is 5.43 Å². The molecule has 5 nitrogen and oxygen atoms in total. The molecular weight excluding hydrogens is 226 g/mol. The van der Waals surface area contributed by atoms with Crippen molar-refractivity contribution in [2.24, 2.45) is 36.6 Å². The zero-order valence-electron chi connectivity index (χ0n) is 10.8. The Labute approximate surface area is 107 Å². The van der Waals surface area contributed by atoms with Crippen LogP contribution in [0.1, 0.15) is 43.8 Å². The Morgan fingerprint density at radius 3 is 2.17 bits per heavy atom. The normalized spacial score (nSPS) is 41.3. The second-order valence-electron chi connectivity index (χ2n) is 6.54. The molecule has 18 heavy (non-hydrogen) atoms. The Morgan fingerprint density at radius 2 is 1.67 bits per heavy atom. The van der Waals surface area contributed by atoms with E-state index in [4.69, 9.17) is 5.84 Å². The highest BCUT2D eigenvalue weighted by molar-refractivity contribution is 5.25. The summed E-state index contributed by atoms with van der Waals surface area (Å²) < 4.78 is 2.05. The minimum atomic E-state index is 0.623. The maximum absolute atomic E-state index is 5.47. The van der Waals surface area contributed by atoms with Gasteiger partial charge < -0.3 is 0 Å². The topological polar surface area (TPSA) is 68.8 Å². The van der Waals surface area contributed by atoms with E-state index in [1.807, 2.05) is 11.6 Å². The van der Waals surface area contributed by atoms with Crippen LogP contribution >= 0.6 is 0 Å². The minimum Gasteiger partial charge on any atom is -0.299 e. The molecule has 5 rings (SSSR count). The predicted molar refractivity (Wildman–Crippen MR) is 68.6 cm³/mol. The van der Waals surface area contributed by atoms with Crippen LogP contribution in [-0.4, -0.2) is 14.8 Å². The molecule has 5 heteroatoms. The number of nitrogens with zero attached hydrogens (tertiary/aromatic N) is 3. The molecule has 0 atom stereocenters. The van der Waals surface area contributed by atoms with E-state index < -0.39 is 0 Å². The fourth-order valence-corrected chi connectivity index (χ4v) is 5.10. The summed E-state index contributed by atoms with van der Waals surface area (Å²) in [5, 5.41) is 8.55. The molecule has 1 aromatic heterocycles. The van der Waals surface area contributed by atoms with E-state index in [1.54, 1.807) is 0 Å². The van der Waals surface area contributed by atoms with Crippen molar-refractivity contribution >= 4 is 5.95 Å². The number of nitrogens with one attached hydrogen (secondary N) is 1. The third kappa shape index (κ3) is 1.37. The number of hydrogen-bond donors (Lipinski definition) is 2. The van der Waals surface area contributed by atoms with Gasteiger partial charge in [-0.25, -0.2) is 5.84 Å². The Bertz CT molecular complexity index is 438. The number of hydrogen-bond acceptors (Lipinski definition) is 4. The number of aromatic nitrogens is 3. The van der Waals surface area contributed by atoms with Gasteiger partial charge in [0, 0.05) is 13.0 Å². The number of anilines is 1. The van der Waals surface area contributed by atoms with Gasteiger partial charge in [0.05, 0.1) is 0 Å². The number of hydrazine groups is 1. The van der Waals surface area contributed by atoms with Gasteiger partial charge in [-0.15, -0.1) is 10.2 Å². The molecule has 4 bridgehead atoms. The first-order valence-corrected chi connectivity index (χ1v) is 7.12. The van der Waals surface area contributed by atoms with E-state index in [-0.39, 0.29) is 0 Å². The maximum Gasteiger partial charge on any atom is 0.238 e. The molecular formula is C13H21N5. The van der Waals surface area contributed by atoms with Gasteiger partial charge in [0.2, 0.25) is 5.95 Å². The Morgan fingerprint density at radius 1 is 1.06 bits per heavy atom. The highest BCUT2D eigenvalue weighted by atomic mass is 15.4. The summed E-state index contributed by atoms with van der Waals surface area (Å²) in [5.74, 6) is 11.6. The van der Waals surface area contributed by atoms with Gasteiger partial charge >= 0.3 is 0 Å². The summed E-state index contributed by atoms with van der Waals surface area (Å²) in [4.78, 5) is 0. The van der Waals surface area contributed by atoms with Crippen LogP contribution < -0.4 is 11.3 Å². The van der Waals surface area contributed by atoms with Gasteiger partial charge in [-0.05, 0) is 55.8 Å². The molecule has 1 heterocycles. The molecule has 4 saturated carbocycles. The zero-order valence-corrected chi connectivity index (χ0v) is 10.8. The lowest BCUT2D eigenvalue weighted by molar-refractivity contribution is -0.00657. The van der Waals surface area contributed by atoms with Gasteiger partial charge in [0.1, 0.15) is 5.82 Å². The highest BCUT2D eigenvalue weighted by Crippen LogP contribution is 2.59. The highest BCUT2D eigenvalue weighted by Gasteiger charge is 2.50. The molecule has 0 spiro atoms. The standard InChI is InChI=1S/C13H21N5/c1-18-12(16-17-13(18)15-14)11-9-3-7-2-8(5-9)6-10(11)4-7/h7-11H,2-6,14H2,1H3,(H,15,17). The first-order valence-electron chi connectivity index (χ1n) is 7.12. The summed E-state index contributed by atoms with van der Waals surface area (Å²) in [6.45, 7) is 0. The van der Waals surface area contributed by atoms with Crippen molar-refractivity contribution in [1.82, 2.24) is 14.8 Å². The Hall–Kier alpha value is -1.10. The number of nitrogens with two attached hydrogens (primary N) is 1. The third-order valence-electron chi connectivity index (χ3n) is 5.56. The monoisotopic (exact) mass is 247 g/mol. The second kappa shape index (κ2) is 3.70. The summed E-state index contributed by atoms with van der Waals surface area (Å²) in [6.07, 6.45) is 7.14. The van der Waals surface area contributed by atoms with Gasteiger partial charge in [-0.3, -0.25) is 9.99 Å². The van der Waals surface area contributed by atoms with E-state index in [9.17, 15) is 0 Å². The third-order valence-corrected chi connectivity index (χ3v) is 5.56. The van der Waals surface area contributed by atoms with Gasteiger partial charge in [0.25, 0.3) is 0 Å². The summed E-state index contributed by atoms with van der Waals surface area (Å²) in [7, 11) is 2.02. The zero-order chi connectivity index (χ0) is 12.3. The molecule has 0 aromatic carbocycles. The van der Waals surface area contributed by atoms with Crippen molar-refractivity contribution in [3.05, 3.63) is 5.82 Å². The SMILES string of the molecule is Cn1c(NN)nnc1C1C2CC3CC(C2)CC1C3. The van der Waals surface area contributed by atoms with E-state index in [2.05, 4.69) is 15.6 Å². The largest absolute Gasteiger partial charge is 0.299 e. The number of nitrogen functional groups attached to an aromatic ring is 1. The molecule has 1 aromatic rings. The fourth-order valence-electron chi connectivity index (χ4n) is 5.10. The predicted octanol–water partition coefficient (Wildman–Crippen LogP) is 1.64. The molecule has 0 unspecified atom stereocenters. The van der Waals surface area contributed by atoms with Crippen molar-refractivity contribution in [2.45, 2.75) is 38.0 Å². The average molecular weight is 247 g/mol. The Balaban J connectivity index is 1.70. The first-order chi connectivity index (χ1) is 8.76. The van der Waals surface area contributed by atoms with Crippen LogP contribution in [0.25, 0.3) is 0 Å². The lowest BCUT2D eigenvalue weighted by atomic mass is 9.51. The van der Waals surface area contributed by atoms with Crippen LogP contribution in [0.5, 0.6) is 0 Å². The summed E-state index contributed by atoms with van der Waals surface area (Å²) in [6, 6.07) is 0.